The molecule has 118 valence electrons. The fourth-order valence-corrected chi connectivity index (χ4v) is 4.03. The monoisotopic (exact) mass is 317 g/mol. The first kappa shape index (κ1) is 16.4. The number of hydrogen-bond acceptors (Lipinski definition) is 4. The largest absolute Gasteiger partial charge is 0.392 e. The van der Waals surface area contributed by atoms with E-state index in [-0.39, 0.29) is 22.1 Å². The Hall–Kier alpha value is -1.02. The summed E-state index contributed by atoms with van der Waals surface area (Å²) >= 11 is 0. The second kappa shape index (κ2) is 6.39. The normalized spacial score (nSPS) is 17.4. The van der Waals surface area contributed by atoms with Gasteiger partial charge in [0.1, 0.15) is 5.82 Å². The van der Waals surface area contributed by atoms with E-state index in [1.54, 1.807) is 0 Å². The summed E-state index contributed by atoms with van der Waals surface area (Å²) in [6, 6.07) is 2.39. The SMILES string of the molecule is Cc1cc(S(=O)(=O)N(C)C2CCOCC2)cc(CO)c1F. The molecule has 0 aromatic heterocycles. The molecule has 0 unspecified atom stereocenters. The second-order valence-electron chi connectivity index (χ2n) is 5.24. The first-order valence-electron chi connectivity index (χ1n) is 6.83. The molecule has 1 saturated heterocycles. The maximum absolute atomic E-state index is 13.7. The third kappa shape index (κ3) is 3.26. The quantitative estimate of drug-likeness (QED) is 0.912. The lowest BCUT2D eigenvalue weighted by molar-refractivity contribution is 0.0632. The Bertz CT molecular complexity index is 612. The Labute approximate surface area is 124 Å². The maximum Gasteiger partial charge on any atom is 0.243 e. The van der Waals surface area contributed by atoms with Crippen LogP contribution in [0.15, 0.2) is 17.0 Å². The highest BCUT2D eigenvalue weighted by Crippen LogP contribution is 2.25. The number of aliphatic hydroxyl groups excluding tert-OH is 1. The molecule has 0 atom stereocenters. The minimum atomic E-state index is -3.71. The topological polar surface area (TPSA) is 66.8 Å². The van der Waals surface area contributed by atoms with Gasteiger partial charge in [-0.2, -0.15) is 4.31 Å². The summed E-state index contributed by atoms with van der Waals surface area (Å²) < 4.78 is 45.6. The zero-order chi connectivity index (χ0) is 15.6. The number of ether oxygens (including phenoxy) is 1. The molecule has 0 saturated carbocycles. The van der Waals surface area contributed by atoms with Crippen molar-refractivity contribution in [2.45, 2.75) is 37.3 Å². The molecule has 1 aliphatic heterocycles. The van der Waals surface area contributed by atoms with Gasteiger partial charge in [-0.05, 0) is 37.5 Å². The highest BCUT2D eigenvalue weighted by atomic mass is 32.2. The van der Waals surface area contributed by atoms with Crippen molar-refractivity contribution < 1.29 is 22.7 Å². The van der Waals surface area contributed by atoms with Gasteiger partial charge in [-0.25, -0.2) is 12.8 Å². The van der Waals surface area contributed by atoms with Crippen LogP contribution in [0.4, 0.5) is 4.39 Å². The van der Waals surface area contributed by atoms with Gasteiger partial charge < -0.3 is 9.84 Å². The molecule has 21 heavy (non-hydrogen) atoms. The number of rotatable bonds is 4. The first-order valence-corrected chi connectivity index (χ1v) is 8.27. The molecular formula is C14H20FNO4S. The lowest BCUT2D eigenvalue weighted by Crippen LogP contribution is -2.40. The zero-order valence-electron chi connectivity index (χ0n) is 12.2. The predicted molar refractivity (Wildman–Crippen MR) is 75.8 cm³/mol. The second-order valence-corrected chi connectivity index (χ2v) is 7.23. The molecule has 0 amide bonds. The van der Waals surface area contributed by atoms with E-state index in [2.05, 4.69) is 0 Å². The molecular weight excluding hydrogens is 297 g/mol. The number of halogens is 1. The number of nitrogens with zero attached hydrogens (tertiary/aromatic N) is 1. The molecule has 1 heterocycles. The number of aryl methyl sites for hydroxylation is 1. The molecule has 0 spiro atoms. The van der Waals surface area contributed by atoms with Crippen molar-refractivity contribution in [1.82, 2.24) is 4.31 Å². The summed E-state index contributed by atoms with van der Waals surface area (Å²) in [5, 5.41) is 9.16. The van der Waals surface area contributed by atoms with Gasteiger partial charge in [0.05, 0.1) is 11.5 Å². The Morgan fingerprint density at radius 1 is 1.38 bits per heavy atom. The molecule has 0 aliphatic carbocycles. The smallest absolute Gasteiger partial charge is 0.243 e. The predicted octanol–water partition coefficient (Wildman–Crippen LogP) is 1.43. The van der Waals surface area contributed by atoms with Gasteiger partial charge in [-0.3, -0.25) is 0 Å². The van der Waals surface area contributed by atoms with Crippen LogP contribution in [-0.4, -0.2) is 44.1 Å². The number of aliphatic hydroxyl groups is 1. The van der Waals surface area contributed by atoms with E-state index < -0.39 is 22.4 Å². The van der Waals surface area contributed by atoms with Crippen molar-refractivity contribution in [3.63, 3.8) is 0 Å². The summed E-state index contributed by atoms with van der Waals surface area (Å²) in [6.45, 7) is 2.03. The summed E-state index contributed by atoms with van der Waals surface area (Å²) in [6.07, 6.45) is 1.28. The lowest BCUT2D eigenvalue weighted by atomic mass is 10.1. The molecule has 2 rings (SSSR count). The average molecular weight is 317 g/mol. The van der Waals surface area contributed by atoms with Crippen LogP contribution in [0.1, 0.15) is 24.0 Å². The van der Waals surface area contributed by atoms with Crippen molar-refractivity contribution in [2.75, 3.05) is 20.3 Å². The third-order valence-electron chi connectivity index (χ3n) is 3.86. The Morgan fingerprint density at radius 2 is 2.00 bits per heavy atom. The van der Waals surface area contributed by atoms with E-state index in [1.807, 2.05) is 0 Å². The van der Waals surface area contributed by atoms with Gasteiger partial charge in [0.25, 0.3) is 0 Å². The molecule has 0 radical (unpaired) electrons. The zero-order valence-corrected chi connectivity index (χ0v) is 13.0. The lowest BCUT2D eigenvalue weighted by Gasteiger charge is -2.30. The van der Waals surface area contributed by atoms with Crippen LogP contribution >= 0.6 is 0 Å². The minimum absolute atomic E-state index is 0.00560. The highest BCUT2D eigenvalue weighted by Gasteiger charge is 2.30. The minimum Gasteiger partial charge on any atom is -0.392 e. The summed E-state index contributed by atoms with van der Waals surface area (Å²) in [7, 11) is -2.18. The van der Waals surface area contributed by atoms with Crippen LogP contribution in [0.25, 0.3) is 0 Å². The van der Waals surface area contributed by atoms with Gasteiger partial charge in [-0.15, -0.1) is 0 Å². The van der Waals surface area contributed by atoms with Crippen LogP contribution < -0.4 is 0 Å². The van der Waals surface area contributed by atoms with E-state index in [9.17, 15) is 12.8 Å². The van der Waals surface area contributed by atoms with Crippen molar-refractivity contribution in [2.24, 2.45) is 0 Å². The summed E-state index contributed by atoms with van der Waals surface area (Å²) in [5.41, 5.74) is 0.203. The average Bonchev–Trinajstić information content (AvgIpc) is 2.49. The van der Waals surface area contributed by atoms with Crippen LogP contribution in [0.2, 0.25) is 0 Å². The standard InChI is InChI=1S/C14H20FNO4S/c1-10-7-13(8-11(9-17)14(10)15)21(18,19)16(2)12-3-5-20-6-4-12/h7-8,12,17H,3-6,9H2,1-2H3. The van der Waals surface area contributed by atoms with Crippen LogP contribution in [0, 0.1) is 12.7 Å². The Balaban J connectivity index is 2.36. The molecule has 1 aromatic carbocycles. The molecule has 0 bridgehead atoms. The van der Waals surface area contributed by atoms with Crippen molar-refractivity contribution in [1.29, 1.82) is 0 Å². The number of sulfonamides is 1. The molecule has 7 heteroatoms. The van der Waals surface area contributed by atoms with Gasteiger partial charge in [0.2, 0.25) is 10.0 Å². The molecule has 1 N–H and O–H groups in total. The molecule has 1 aliphatic rings. The molecule has 1 fully saturated rings. The van der Waals surface area contributed by atoms with Crippen LogP contribution in [0.5, 0.6) is 0 Å². The van der Waals surface area contributed by atoms with E-state index in [1.165, 1.54) is 30.4 Å². The van der Waals surface area contributed by atoms with Crippen LogP contribution in [-0.2, 0) is 21.4 Å². The summed E-state index contributed by atoms with van der Waals surface area (Å²) in [4.78, 5) is 0.0134. The Kier molecular flexibility index (Phi) is 4.98. The van der Waals surface area contributed by atoms with Crippen molar-refractivity contribution >= 4 is 10.0 Å². The van der Waals surface area contributed by atoms with Gasteiger partial charge in [0, 0.05) is 31.9 Å². The van der Waals surface area contributed by atoms with E-state index in [0.717, 1.165) is 0 Å². The summed E-state index contributed by atoms with van der Waals surface area (Å²) in [5.74, 6) is -0.565. The van der Waals surface area contributed by atoms with Gasteiger partial charge >= 0.3 is 0 Å². The van der Waals surface area contributed by atoms with E-state index in [0.29, 0.717) is 26.1 Å². The fourth-order valence-electron chi connectivity index (χ4n) is 2.48. The van der Waals surface area contributed by atoms with Gasteiger partial charge in [0.15, 0.2) is 0 Å². The van der Waals surface area contributed by atoms with E-state index >= 15 is 0 Å². The Morgan fingerprint density at radius 3 is 2.57 bits per heavy atom. The highest BCUT2D eigenvalue weighted by molar-refractivity contribution is 7.89. The molecule has 5 nitrogen and oxygen atoms in total. The van der Waals surface area contributed by atoms with E-state index in [4.69, 9.17) is 9.84 Å². The number of benzene rings is 1. The maximum atomic E-state index is 13.7. The number of hydrogen-bond donors (Lipinski definition) is 1. The molecule has 1 aromatic rings. The van der Waals surface area contributed by atoms with Crippen LogP contribution in [0.3, 0.4) is 0 Å². The third-order valence-corrected chi connectivity index (χ3v) is 5.74. The fraction of sp³-hybridized carbons (Fsp3) is 0.571. The van der Waals surface area contributed by atoms with Crippen molar-refractivity contribution in [3.8, 4) is 0 Å². The van der Waals surface area contributed by atoms with Crippen molar-refractivity contribution in [3.05, 3.63) is 29.1 Å². The van der Waals surface area contributed by atoms with Gasteiger partial charge in [-0.1, -0.05) is 0 Å². The first-order chi connectivity index (χ1) is 9.87.